The summed E-state index contributed by atoms with van der Waals surface area (Å²) >= 11 is 5.88. The molecule has 1 aromatic rings. The molecular weight excluding hydrogens is 302 g/mol. The second-order valence-electron chi connectivity index (χ2n) is 4.35. The van der Waals surface area contributed by atoms with Crippen LogP contribution in [0.25, 0.3) is 0 Å². The molecule has 0 bridgehead atoms. The molecule has 1 N–H and O–H groups in total. The van der Waals surface area contributed by atoms with E-state index < -0.39 is 23.0 Å². The molecule has 9 heteroatoms. The number of amides is 3. The van der Waals surface area contributed by atoms with E-state index in [-0.39, 0.29) is 23.0 Å². The number of hydrogen-bond donors (Lipinski definition) is 1. The fourth-order valence-corrected chi connectivity index (χ4v) is 2.06. The van der Waals surface area contributed by atoms with Crippen LogP contribution >= 0.6 is 11.6 Å². The Morgan fingerprint density at radius 3 is 2.81 bits per heavy atom. The van der Waals surface area contributed by atoms with Gasteiger partial charge in [0.25, 0.3) is 11.6 Å². The van der Waals surface area contributed by atoms with Gasteiger partial charge in [-0.15, -0.1) is 0 Å². The third-order valence-corrected chi connectivity index (χ3v) is 3.20. The first-order valence-electron chi connectivity index (χ1n) is 6.10. The topological polar surface area (TPSA) is 102 Å². The van der Waals surface area contributed by atoms with Gasteiger partial charge in [-0.3, -0.25) is 19.8 Å². The lowest BCUT2D eigenvalue weighted by molar-refractivity contribution is -0.384. The number of imide groups is 1. The third kappa shape index (κ3) is 3.22. The minimum atomic E-state index is -0.937. The number of benzene rings is 1. The van der Waals surface area contributed by atoms with Crippen molar-refractivity contribution < 1.29 is 19.2 Å². The van der Waals surface area contributed by atoms with Gasteiger partial charge in [0.2, 0.25) is 0 Å². The van der Waals surface area contributed by atoms with Crippen LogP contribution in [0.5, 0.6) is 5.75 Å². The summed E-state index contributed by atoms with van der Waals surface area (Å²) in [5.41, 5.74) is -0.176. The van der Waals surface area contributed by atoms with Gasteiger partial charge in [-0.25, -0.2) is 4.79 Å². The number of rotatable bonds is 4. The van der Waals surface area contributed by atoms with Crippen molar-refractivity contribution in [3.8, 4) is 5.75 Å². The Kier molecular flexibility index (Phi) is 4.27. The van der Waals surface area contributed by atoms with E-state index in [0.29, 0.717) is 6.54 Å². The summed E-state index contributed by atoms with van der Waals surface area (Å²) in [4.78, 5) is 34.5. The van der Waals surface area contributed by atoms with Gasteiger partial charge < -0.3 is 10.1 Å². The molecular formula is C12H12ClN3O5. The van der Waals surface area contributed by atoms with Gasteiger partial charge in [-0.05, 0) is 13.0 Å². The number of non-ortho nitro benzene ring substituents is 1. The molecule has 2 rings (SSSR count). The quantitative estimate of drug-likeness (QED) is 0.671. The summed E-state index contributed by atoms with van der Waals surface area (Å²) in [6.07, 6.45) is -0.937. The summed E-state index contributed by atoms with van der Waals surface area (Å²) in [6.45, 7) is 2.15. The molecule has 1 aromatic carbocycles. The maximum absolute atomic E-state index is 12.0. The highest BCUT2D eigenvalue weighted by Crippen LogP contribution is 2.29. The van der Waals surface area contributed by atoms with E-state index in [1.807, 2.05) is 0 Å². The Hall–Kier alpha value is -2.35. The zero-order valence-electron chi connectivity index (χ0n) is 11.0. The van der Waals surface area contributed by atoms with Gasteiger partial charge in [0.05, 0.1) is 9.95 Å². The molecule has 0 spiro atoms. The van der Waals surface area contributed by atoms with Crippen LogP contribution in [-0.4, -0.2) is 41.0 Å². The first-order valence-corrected chi connectivity index (χ1v) is 6.47. The highest BCUT2D eigenvalue weighted by atomic mass is 35.5. The molecule has 0 radical (unpaired) electrons. The second kappa shape index (κ2) is 5.96. The highest BCUT2D eigenvalue weighted by molar-refractivity contribution is 6.32. The number of ether oxygens (including phenoxy) is 1. The Labute approximate surface area is 124 Å². The minimum Gasteiger partial charge on any atom is -0.479 e. The molecule has 0 aromatic heterocycles. The number of urea groups is 1. The molecule has 1 fully saturated rings. The average molecular weight is 314 g/mol. The summed E-state index contributed by atoms with van der Waals surface area (Å²) in [7, 11) is 0. The van der Waals surface area contributed by atoms with Crippen molar-refractivity contribution in [2.24, 2.45) is 0 Å². The molecule has 21 heavy (non-hydrogen) atoms. The van der Waals surface area contributed by atoms with E-state index in [1.165, 1.54) is 19.1 Å². The molecule has 1 aliphatic rings. The smallest absolute Gasteiger partial charge is 0.324 e. The number of carbonyl (C=O) groups excluding carboxylic acids is 2. The van der Waals surface area contributed by atoms with E-state index in [0.717, 1.165) is 11.0 Å². The zero-order chi connectivity index (χ0) is 15.6. The number of hydrogen-bond acceptors (Lipinski definition) is 5. The SMILES string of the molecule is C[C@@H](Oc1ccc([N+](=O)[O-])cc1Cl)C(=O)N1CCNC1=O. The van der Waals surface area contributed by atoms with Crippen molar-refractivity contribution in [3.05, 3.63) is 33.3 Å². The van der Waals surface area contributed by atoms with E-state index >= 15 is 0 Å². The minimum absolute atomic E-state index is 0.0229. The van der Waals surface area contributed by atoms with Gasteiger partial charge in [0, 0.05) is 25.2 Å². The van der Waals surface area contributed by atoms with Crippen molar-refractivity contribution in [3.63, 3.8) is 0 Å². The molecule has 1 atom stereocenters. The number of halogens is 1. The van der Waals surface area contributed by atoms with Gasteiger partial charge in [-0.2, -0.15) is 0 Å². The van der Waals surface area contributed by atoms with E-state index in [9.17, 15) is 19.7 Å². The highest BCUT2D eigenvalue weighted by Gasteiger charge is 2.31. The number of carbonyl (C=O) groups is 2. The van der Waals surface area contributed by atoms with Gasteiger partial charge in [0.15, 0.2) is 6.10 Å². The number of nitrogens with one attached hydrogen (secondary N) is 1. The summed E-state index contributed by atoms with van der Waals surface area (Å²) in [5, 5.41) is 13.1. The van der Waals surface area contributed by atoms with Crippen molar-refractivity contribution in [1.29, 1.82) is 0 Å². The third-order valence-electron chi connectivity index (χ3n) is 2.90. The molecule has 1 aliphatic heterocycles. The lowest BCUT2D eigenvalue weighted by atomic mass is 10.3. The fraction of sp³-hybridized carbons (Fsp3) is 0.333. The molecule has 112 valence electrons. The standard InChI is InChI=1S/C12H12ClN3O5/c1-7(11(17)15-5-4-14-12(15)18)21-10-3-2-8(16(19)20)6-9(10)13/h2-3,6-7H,4-5H2,1H3,(H,14,18)/t7-/m1/s1. The molecule has 3 amide bonds. The van der Waals surface area contributed by atoms with Crippen LogP contribution in [-0.2, 0) is 4.79 Å². The molecule has 8 nitrogen and oxygen atoms in total. The summed E-state index contributed by atoms with van der Waals surface area (Å²) < 4.78 is 5.38. The van der Waals surface area contributed by atoms with Gasteiger partial charge >= 0.3 is 6.03 Å². The van der Waals surface area contributed by atoms with Crippen LogP contribution in [0.2, 0.25) is 5.02 Å². The van der Waals surface area contributed by atoms with Crippen LogP contribution in [0.4, 0.5) is 10.5 Å². The molecule has 0 unspecified atom stereocenters. The number of nitro benzene ring substituents is 1. The maximum atomic E-state index is 12.0. The number of nitrogens with zero attached hydrogens (tertiary/aromatic N) is 2. The first-order chi connectivity index (χ1) is 9.90. The van der Waals surface area contributed by atoms with E-state index in [2.05, 4.69) is 5.32 Å². The molecule has 0 saturated carbocycles. The Balaban J connectivity index is 2.09. The monoisotopic (exact) mass is 313 g/mol. The summed E-state index contributed by atoms with van der Waals surface area (Å²) in [6, 6.07) is 3.21. The maximum Gasteiger partial charge on any atom is 0.324 e. The van der Waals surface area contributed by atoms with Crippen LogP contribution in [0.3, 0.4) is 0 Å². The second-order valence-corrected chi connectivity index (χ2v) is 4.76. The predicted octanol–water partition coefficient (Wildman–Crippen LogP) is 1.57. The van der Waals surface area contributed by atoms with Crippen molar-refractivity contribution in [2.45, 2.75) is 13.0 Å². The van der Waals surface area contributed by atoms with E-state index in [1.54, 1.807) is 0 Å². The van der Waals surface area contributed by atoms with Crippen molar-refractivity contribution in [2.75, 3.05) is 13.1 Å². The van der Waals surface area contributed by atoms with Gasteiger partial charge in [-0.1, -0.05) is 11.6 Å². The molecule has 1 heterocycles. The van der Waals surface area contributed by atoms with Crippen LogP contribution < -0.4 is 10.1 Å². The van der Waals surface area contributed by atoms with Crippen molar-refractivity contribution >= 4 is 29.2 Å². The van der Waals surface area contributed by atoms with Gasteiger partial charge in [0.1, 0.15) is 5.75 Å². The predicted molar refractivity (Wildman–Crippen MR) is 73.3 cm³/mol. The lowest BCUT2D eigenvalue weighted by Crippen LogP contribution is -2.42. The summed E-state index contributed by atoms with van der Waals surface area (Å²) in [5.74, 6) is -0.359. The Morgan fingerprint density at radius 2 is 2.29 bits per heavy atom. The largest absolute Gasteiger partial charge is 0.479 e. The van der Waals surface area contributed by atoms with E-state index in [4.69, 9.17) is 16.3 Å². The Morgan fingerprint density at radius 1 is 1.57 bits per heavy atom. The van der Waals surface area contributed by atoms with Crippen LogP contribution in [0.15, 0.2) is 18.2 Å². The number of nitro groups is 1. The first kappa shape index (κ1) is 15.0. The molecule has 1 saturated heterocycles. The van der Waals surface area contributed by atoms with Crippen LogP contribution in [0, 0.1) is 10.1 Å². The molecule has 0 aliphatic carbocycles. The average Bonchev–Trinajstić information content (AvgIpc) is 2.86. The lowest BCUT2D eigenvalue weighted by Gasteiger charge is -2.19. The van der Waals surface area contributed by atoms with Crippen molar-refractivity contribution in [1.82, 2.24) is 10.2 Å². The normalized spacial score (nSPS) is 15.5. The zero-order valence-corrected chi connectivity index (χ0v) is 11.8. The fourth-order valence-electron chi connectivity index (χ4n) is 1.84. The Bertz CT molecular complexity index is 607. The van der Waals surface area contributed by atoms with Crippen LogP contribution in [0.1, 0.15) is 6.92 Å².